The van der Waals surface area contributed by atoms with Crippen LogP contribution in [0.2, 0.25) is 0 Å². The third-order valence-electron chi connectivity index (χ3n) is 5.35. The highest BCUT2D eigenvalue weighted by Crippen LogP contribution is 2.35. The summed E-state index contributed by atoms with van der Waals surface area (Å²) >= 11 is 0. The van der Waals surface area contributed by atoms with E-state index in [2.05, 4.69) is 20.3 Å². The van der Waals surface area contributed by atoms with E-state index in [0.717, 1.165) is 22.4 Å². The molecule has 4 rings (SSSR count). The van der Waals surface area contributed by atoms with E-state index in [-0.39, 0.29) is 5.56 Å². The van der Waals surface area contributed by atoms with Gasteiger partial charge in [0, 0.05) is 12.6 Å². The Morgan fingerprint density at radius 1 is 1.21 bits per heavy atom. The third-order valence-corrected chi connectivity index (χ3v) is 6.19. The summed E-state index contributed by atoms with van der Waals surface area (Å²) in [5.74, 6) is -0.827. The normalized spacial score (nSPS) is 12.8. The van der Waals surface area contributed by atoms with Crippen LogP contribution >= 0.6 is 7.60 Å². The Labute approximate surface area is 187 Å². The monoisotopic (exact) mass is 471 g/mol. The molecule has 33 heavy (non-hydrogen) atoms. The van der Waals surface area contributed by atoms with Gasteiger partial charge in [0.05, 0.1) is 34.6 Å². The van der Waals surface area contributed by atoms with Gasteiger partial charge in [-0.15, -0.1) is 0 Å². The number of para-hydroxylation sites is 1. The summed E-state index contributed by atoms with van der Waals surface area (Å²) in [4.78, 5) is 54.5. The minimum atomic E-state index is -4.63. The van der Waals surface area contributed by atoms with Crippen molar-refractivity contribution < 1.29 is 29.0 Å². The molecule has 11 nitrogen and oxygen atoms in total. The zero-order valence-electron chi connectivity index (χ0n) is 17.8. The van der Waals surface area contributed by atoms with E-state index in [1.165, 1.54) is 6.07 Å². The Bertz CT molecular complexity index is 1440. The number of aromatic amines is 1. The van der Waals surface area contributed by atoms with Crippen molar-refractivity contribution in [2.24, 2.45) is 7.05 Å². The van der Waals surface area contributed by atoms with Crippen molar-refractivity contribution in [3.8, 4) is 0 Å². The van der Waals surface area contributed by atoms with E-state index in [1.54, 1.807) is 19.2 Å². The number of aryl methyl sites for hydroxylation is 2. The Balaban J connectivity index is 1.59. The Kier molecular flexibility index (Phi) is 5.79. The van der Waals surface area contributed by atoms with Gasteiger partial charge in [0.15, 0.2) is 0 Å². The summed E-state index contributed by atoms with van der Waals surface area (Å²) < 4.78 is 13.0. The molecule has 0 aliphatic carbocycles. The number of amides is 1. The lowest BCUT2D eigenvalue weighted by molar-refractivity contribution is -0.138. The van der Waals surface area contributed by atoms with Gasteiger partial charge in [0.1, 0.15) is 17.7 Å². The lowest BCUT2D eigenvalue weighted by Crippen LogP contribution is -2.43. The molecule has 2 aromatic heterocycles. The smallest absolute Gasteiger partial charge is 0.328 e. The van der Waals surface area contributed by atoms with Crippen molar-refractivity contribution >= 4 is 41.5 Å². The largest absolute Gasteiger partial charge is 0.480 e. The maximum absolute atomic E-state index is 12.6. The van der Waals surface area contributed by atoms with Gasteiger partial charge in [-0.05, 0) is 36.8 Å². The maximum Gasteiger partial charge on any atom is 0.328 e. The second kappa shape index (κ2) is 8.43. The highest BCUT2D eigenvalue weighted by molar-refractivity contribution is 7.51. The molecular formula is C21H22N5O6P. The van der Waals surface area contributed by atoms with Crippen molar-refractivity contribution in [2.75, 3.05) is 6.16 Å². The van der Waals surface area contributed by atoms with E-state index in [0.29, 0.717) is 23.3 Å². The first-order valence-corrected chi connectivity index (χ1v) is 11.8. The van der Waals surface area contributed by atoms with Crippen molar-refractivity contribution in [2.45, 2.75) is 19.4 Å². The van der Waals surface area contributed by atoms with Crippen LogP contribution in [-0.2, 0) is 22.8 Å². The zero-order valence-corrected chi connectivity index (χ0v) is 18.7. The van der Waals surface area contributed by atoms with Crippen LogP contribution in [0.15, 0.2) is 36.4 Å². The number of aliphatic carboxylic acids is 1. The number of carbonyl (C=O) groups excluding carboxylic acids is 1. The van der Waals surface area contributed by atoms with Crippen LogP contribution < -0.4 is 5.32 Å². The number of hydrogen-bond donors (Lipinski definition) is 5. The Morgan fingerprint density at radius 2 is 1.97 bits per heavy atom. The van der Waals surface area contributed by atoms with Gasteiger partial charge >= 0.3 is 13.6 Å². The molecule has 1 atom stereocenters. The first-order valence-electron chi connectivity index (χ1n) is 9.99. The zero-order chi connectivity index (χ0) is 23.9. The molecule has 172 valence electrons. The fourth-order valence-corrected chi connectivity index (χ4v) is 4.39. The number of carboxylic acid groups (broad SMARTS) is 1. The maximum atomic E-state index is 12.6. The van der Waals surface area contributed by atoms with Crippen LogP contribution in [0.1, 0.15) is 27.6 Å². The molecule has 2 heterocycles. The van der Waals surface area contributed by atoms with Gasteiger partial charge in [-0.25, -0.2) is 14.8 Å². The SMILES string of the molecule is Cc1cccc2[nH]c(Cc3nc4ccc(C(=O)NC(CP(=O)(O)O)C(=O)O)cc4n3C)nc12. The van der Waals surface area contributed by atoms with Gasteiger partial charge in [-0.2, -0.15) is 0 Å². The number of nitrogens with one attached hydrogen (secondary N) is 2. The lowest BCUT2D eigenvalue weighted by atomic mass is 10.1. The van der Waals surface area contributed by atoms with E-state index in [4.69, 9.17) is 9.79 Å². The summed E-state index contributed by atoms with van der Waals surface area (Å²) in [7, 11) is -2.83. The van der Waals surface area contributed by atoms with Crippen LogP contribution in [-0.4, -0.2) is 58.5 Å². The number of benzene rings is 2. The number of H-pyrrole nitrogens is 1. The predicted molar refractivity (Wildman–Crippen MR) is 120 cm³/mol. The van der Waals surface area contributed by atoms with Gasteiger partial charge in [0.25, 0.3) is 5.91 Å². The number of nitrogens with zero attached hydrogens (tertiary/aromatic N) is 3. The molecule has 12 heteroatoms. The predicted octanol–water partition coefficient (Wildman–Crippen LogP) is 1.71. The van der Waals surface area contributed by atoms with Crippen LogP contribution in [0.3, 0.4) is 0 Å². The van der Waals surface area contributed by atoms with Gasteiger partial charge in [-0.3, -0.25) is 9.36 Å². The number of fused-ring (bicyclic) bond motifs is 2. The van der Waals surface area contributed by atoms with Gasteiger partial charge < -0.3 is 29.8 Å². The molecule has 0 radical (unpaired) electrons. The van der Waals surface area contributed by atoms with Gasteiger partial charge in [0.2, 0.25) is 0 Å². The number of rotatable bonds is 7. The molecule has 5 N–H and O–H groups in total. The fourth-order valence-electron chi connectivity index (χ4n) is 3.66. The number of carbonyl (C=O) groups is 2. The quantitative estimate of drug-likeness (QED) is 0.254. The van der Waals surface area contributed by atoms with E-state index in [1.807, 2.05) is 29.7 Å². The molecule has 0 saturated carbocycles. The van der Waals surface area contributed by atoms with Crippen LogP contribution in [0.5, 0.6) is 0 Å². The highest BCUT2D eigenvalue weighted by atomic mass is 31.2. The number of carboxylic acids is 1. The first kappa shape index (κ1) is 22.7. The van der Waals surface area contributed by atoms with Crippen LogP contribution in [0.4, 0.5) is 0 Å². The molecule has 1 unspecified atom stereocenters. The summed E-state index contributed by atoms with van der Waals surface area (Å²) in [5.41, 5.74) is 4.33. The molecule has 0 bridgehead atoms. The second-order valence-corrected chi connectivity index (χ2v) is 9.53. The minimum Gasteiger partial charge on any atom is -0.480 e. The minimum absolute atomic E-state index is 0.147. The average molecular weight is 471 g/mol. The van der Waals surface area contributed by atoms with E-state index in [9.17, 15) is 19.3 Å². The summed E-state index contributed by atoms with van der Waals surface area (Å²) in [6.07, 6.45) is -0.562. The topological polar surface area (TPSA) is 170 Å². The van der Waals surface area contributed by atoms with Crippen molar-refractivity contribution in [1.82, 2.24) is 24.8 Å². The molecule has 2 aromatic carbocycles. The average Bonchev–Trinajstić information content (AvgIpc) is 3.28. The Morgan fingerprint density at radius 3 is 2.64 bits per heavy atom. The number of hydrogen-bond acceptors (Lipinski definition) is 5. The molecule has 0 fully saturated rings. The number of aromatic nitrogens is 4. The molecular weight excluding hydrogens is 449 g/mol. The molecule has 0 saturated heterocycles. The van der Waals surface area contributed by atoms with Crippen molar-refractivity contribution in [1.29, 1.82) is 0 Å². The van der Waals surface area contributed by atoms with Crippen LogP contribution in [0, 0.1) is 6.92 Å². The molecule has 1 amide bonds. The molecule has 4 aromatic rings. The van der Waals surface area contributed by atoms with E-state index < -0.39 is 31.7 Å². The van der Waals surface area contributed by atoms with Gasteiger partial charge in [-0.1, -0.05) is 12.1 Å². The van der Waals surface area contributed by atoms with E-state index >= 15 is 0 Å². The molecule has 0 aliphatic rings. The first-order chi connectivity index (χ1) is 15.5. The van der Waals surface area contributed by atoms with Crippen molar-refractivity contribution in [3.05, 3.63) is 59.2 Å². The third kappa shape index (κ3) is 4.80. The Hall–Kier alpha value is -3.53. The fraction of sp³-hybridized carbons (Fsp3) is 0.238. The molecule has 0 aliphatic heterocycles. The van der Waals surface area contributed by atoms with Crippen LogP contribution in [0.25, 0.3) is 22.1 Å². The summed E-state index contributed by atoms with van der Waals surface area (Å²) in [6, 6.07) is 8.85. The van der Waals surface area contributed by atoms with Crippen molar-refractivity contribution in [3.63, 3.8) is 0 Å². The standard InChI is InChI=1S/C21H22N5O6P/c1-11-4-3-5-14-19(11)25-17(22-14)9-18-23-13-7-6-12(8-16(13)26(18)2)20(27)24-15(21(28)29)10-33(30,31)32/h3-8,15H,9-10H2,1-2H3,(H,22,25)(H,24,27)(H,28,29)(H2,30,31,32). The highest BCUT2D eigenvalue weighted by Gasteiger charge is 2.29. The second-order valence-electron chi connectivity index (χ2n) is 7.83. The lowest BCUT2D eigenvalue weighted by Gasteiger charge is -2.15. The number of imidazole rings is 2. The molecule has 0 spiro atoms. The summed E-state index contributed by atoms with van der Waals surface area (Å²) in [6.45, 7) is 1.99. The summed E-state index contributed by atoms with van der Waals surface area (Å²) in [5, 5.41) is 11.3.